The highest BCUT2D eigenvalue weighted by atomic mass is 32.2. The summed E-state index contributed by atoms with van der Waals surface area (Å²) < 4.78 is 28.3. The van der Waals surface area contributed by atoms with Gasteiger partial charge in [0.15, 0.2) is 0 Å². The number of rotatable bonds is 7. The summed E-state index contributed by atoms with van der Waals surface area (Å²) in [4.78, 5) is 13.1. The molecule has 1 amide bonds. The first-order chi connectivity index (χ1) is 16.2. The Hall–Kier alpha value is -3.64. The molecule has 174 valence electrons. The van der Waals surface area contributed by atoms with E-state index in [9.17, 15) is 13.2 Å². The molecule has 4 rings (SSSR count). The van der Waals surface area contributed by atoms with Crippen LogP contribution in [0.15, 0.2) is 89.8 Å². The molecule has 34 heavy (non-hydrogen) atoms. The van der Waals surface area contributed by atoms with Gasteiger partial charge in [0.05, 0.1) is 10.6 Å². The normalized spacial score (nSPS) is 11.4. The van der Waals surface area contributed by atoms with Crippen LogP contribution in [0.25, 0.3) is 10.8 Å². The van der Waals surface area contributed by atoms with E-state index in [-0.39, 0.29) is 17.3 Å². The van der Waals surface area contributed by atoms with Gasteiger partial charge in [-0.05, 0) is 78.6 Å². The van der Waals surface area contributed by atoms with Crippen molar-refractivity contribution in [1.82, 2.24) is 5.32 Å². The monoisotopic (exact) mass is 472 g/mol. The van der Waals surface area contributed by atoms with Crippen molar-refractivity contribution in [2.45, 2.75) is 32.2 Å². The molecule has 0 radical (unpaired) electrons. The van der Waals surface area contributed by atoms with Crippen molar-refractivity contribution >= 4 is 32.4 Å². The quantitative estimate of drug-likeness (QED) is 0.398. The number of carbonyl (C=O) groups is 1. The van der Waals surface area contributed by atoms with Crippen LogP contribution in [0.3, 0.4) is 0 Å². The molecule has 0 atom stereocenters. The van der Waals surface area contributed by atoms with Crippen molar-refractivity contribution in [1.29, 1.82) is 0 Å². The Balaban J connectivity index is 1.59. The van der Waals surface area contributed by atoms with Gasteiger partial charge in [-0.2, -0.15) is 0 Å². The molecular formula is C28H28N2O3S. The number of hydrogen-bond acceptors (Lipinski definition) is 3. The van der Waals surface area contributed by atoms with Gasteiger partial charge in [-0.15, -0.1) is 0 Å². The van der Waals surface area contributed by atoms with E-state index in [4.69, 9.17) is 0 Å². The highest BCUT2D eigenvalue weighted by molar-refractivity contribution is 7.92. The largest absolute Gasteiger partial charge is 0.350 e. The summed E-state index contributed by atoms with van der Waals surface area (Å²) in [6, 6.07) is 26.2. The van der Waals surface area contributed by atoms with Crippen LogP contribution < -0.4 is 9.62 Å². The molecule has 0 fully saturated rings. The van der Waals surface area contributed by atoms with Gasteiger partial charge in [0.1, 0.15) is 6.54 Å². The molecule has 6 heteroatoms. The van der Waals surface area contributed by atoms with E-state index in [0.29, 0.717) is 12.2 Å². The number of nitrogens with one attached hydrogen (secondary N) is 1. The minimum Gasteiger partial charge on any atom is -0.350 e. The predicted molar refractivity (Wildman–Crippen MR) is 137 cm³/mol. The van der Waals surface area contributed by atoms with Crippen molar-refractivity contribution in [2.75, 3.05) is 10.8 Å². The third kappa shape index (κ3) is 5.29. The number of amides is 1. The van der Waals surface area contributed by atoms with Crippen molar-refractivity contribution in [3.63, 3.8) is 0 Å². The Morgan fingerprint density at radius 2 is 1.41 bits per heavy atom. The number of sulfonamides is 1. The van der Waals surface area contributed by atoms with E-state index in [1.807, 2.05) is 69.3 Å². The van der Waals surface area contributed by atoms with Crippen LogP contribution in [0.5, 0.6) is 0 Å². The van der Waals surface area contributed by atoms with Crippen molar-refractivity contribution in [3.05, 3.63) is 107 Å². The standard InChI is InChI=1S/C28H28N2O3S/c1-20-8-12-27(13-9-20)34(32,33)30(26-15-21(2)14-22(3)16-26)19-28(31)29-18-23-10-11-24-6-4-5-7-25(24)17-23/h4-17H,18-19H2,1-3H3,(H,29,31). The van der Waals surface area contributed by atoms with Gasteiger partial charge in [0, 0.05) is 6.54 Å². The summed E-state index contributed by atoms with van der Waals surface area (Å²) in [6.45, 7) is 5.72. The number of carbonyl (C=O) groups excluding carboxylic acids is 1. The molecule has 4 aromatic rings. The van der Waals surface area contributed by atoms with E-state index in [1.54, 1.807) is 36.4 Å². The molecular weight excluding hydrogens is 444 g/mol. The van der Waals surface area contributed by atoms with Gasteiger partial charge in [0.25, 0.3) is 10.0 Å². The lowest BCUT2D eigenvalue weighted by Gasteiger charge is -2.25. The summed E-state index contributed by atoms with van der Waals surface area (Å²) in [6.07, 6.45) is 0. The first kappa shape index (κ1) is 23.5. The smallest absolute Gasteiger partial charge is 0.264 e. The maximum atomic E-state index is 13.6. The second kappa shape index (κ2) is 9.69. The molecule has 4 aromatic carbocycles. The molecule has 0 aliphatic heterocycles. The van der Waals surface area contributed by atoms with Crippen LogP contribution in [0.2, 0.25) is 0 Å². The first-order valence-corrected chi connectivity index (χ1v) is 12.6. The lowest BCUT2D eigenvalue weighted by Crippen LogP contribution is -2.40. The number of hydrogen-bond donors (Lipinski definition) is 1. The molecule has 0 aliphatic rings. The molecule has 1 N–H and O–H groups in total. The average Bonchev–Trinajstić information content (AvgIpc) is 2.80. The highest BCUT2D eigenvalue weighted by Gasteiger charge is 2.27. The fraction of sp³-hybridized carbons (Fsp3) is 0.179. The van der Waals surface area contributed by atoms with Crippen LogP contribution in [-0.4, -0.2) is 20.9 Å². The summed E-state index contributed by atoms with van der Waals surface area (Å²) in [5, 5.41) is 5.10. The Bertz CT molecular complexity index is 1420. The molecule has 0 aliphatic carbocycles. The second-order valence-corrected chi connectivity index (χ2v) is 10.5. The molecule has 0 aromatic heterocycles. The predicted octanol–water partition coefficient (Wildman–Crippen LogP) is 5.28. The van der Waals surface area contributed by atoms with Crippen molar-refractivity contribution < 1.29 is 13.2 Å². The number of anilines is 1. The molecule has 0 unspecified atom stereocenters. The van der Waals surface area contributed by atoms with Crippen LogP contribution >= 0.6 is 0 Å². The molecule has 0 saturated carbocycles. The van der Waals surface area contributed by atoms with Gasteiger partial charge < -0.3 is 5.32 Å². The highest BCUT2D eigenvalue weighted by Crippen LogP contribution is 2.26. The minimum atomic E-state index is -3.94. The van der Waals surface area contributed by atoms with E-state index >= 15 is 0 Å². The maximum absolute atomic E-state index is 13.6. The summed E-state index contributed by atoms with van der Waals surface area (Å²) in [5.41, 5.74) is 4.24. The fourth-order valence-corrected chi connectivity index (χ4v) is 5.39. The van der Waals surface area contributed by atoms with E-state index < -0.39 is 10.0 Å². The van der Waals surface area contributed by atoms with E-state index in [1.165, 1.54) is 4.31 Å². The zero-order valence-electron chi connectivity index (χ0n) is 19.6. The Morgan fingerprint density at radius 1 is 0.765 bits per heavy atom. The fourth-order valence-electron chi connectivity index (χ4n) is 3.98. The summed E-state index contributed by atoms with van der Waals surface area (Å²) in [5.74, 6) is -0.372. The number of benzene rings is 4. The van der Waals surface area contributed by atoms with Crippen molar-refractivity contribution in [2.24, 2.45) is 0 Å². The van der Waals surface area contributed by atoms with Crippen LogP contribution in [0.4, 0.5) is 5.69 Å². The molecule has 0 saturated heterocycles. The van der Waals surface area contributed by atoms with Gasteiger partial charge in [0.2, 0.25) is 5.91 Å². The summed E-state index contributed by atoms with van der Waals surface area (Å²) in [7, 11) is -3.94. The first-order valence-electron chi connectivity index (χ1n) is 11.1. The number of fused-ring (bicyclic) bond motifs is 1. The third-order valence-electron chi connectivity index (χ3n) is 5.69. The topological polar surface area (TPSA) is 66.5 Å². The SMILES string of the molecule is Cc1ccc(S(=O)(=O)N(CC(=O)NCc2ccc3ccccc3c2)c2cc(C)cc(C)c2)cc1. The minimum absolute atomic E-state index is 0.152. The Kier molecular flexibility index (Phi) is 6.70. The van der Waals surface area contributed by atoms with Gasteiger partial charge in [-0.3, -0.25) is 9.10 Å². The summed E-state index contributed by atoms with van der Waals surface area (Å²) >= 11 is 0. The van der Waals surface area contributed by atoms with E-state index in [2.05, 4.69) is 5.32 Å². The lowest BCUT2D eigenvalue weighted by atomic mass is 10.1. The molecule has 0 spiro atoms. The van der Waals surface area contributed by atoms with Crippen LogP contribution in [0.1, 0.15) is 22.3 Å². The lowest BCUT2D eigenvalue weighted by molar-refractivity contribution is -0.119. The third-order valence-corrected chi connectivity index (χ3v) is 7.48. The Labute approximate surface area is 201 Å². The molecule has 0 heterocycles. The Morgan fingerprint density at radius 3 is 2.09 bits per heavy atom. The maximum Gasteiger partial charge on any atom is 0.264 e. The van der Waals surface area contributed by atoms with Crippen LogP contribution in [-0.2, 0) is 21.4 Å². The second-order valence-electron chi connectivity index (χ2n) is 8.63. The number of nitrogens with zero attached hydrogens (tertiary/aromatic N) is 1. The number of aryl methyl sites for hydroxylation is 3. The van der Waals surface area contributed by atoms with Gasteiger partial charge in [-0.1, -0.05) is 60.2 Å². The zero-order valence-corrected chi connectivity index (χ0v) is 20.4. The molecule has 0 bridgehead atoms. The van der Waals surface area contributed by atoms with Crippen LogP contribution in [0, 0.1) is 20.8 Å². The van der Waals surface area contributed by atoms with E-state index in [0.717, 1.165) is 33.0 Å². The average molecular weight is 473 g/mol. The van der Waals surface area contributed by atoms with Gasteiger partial charge >= 0.3 is 0 Å². The van der Waals surface area contributed by atoms with Crippen molar-refractivity contribution in [3.8, 4) is 0 Å². The van der Waals surface area contributed by atoms with Gasteiger partial charge in [-0.25, -0.2) is 8.42 Å². The molecule has 5 nitrogen and oxygen atoms in total. The zero-order chi connectivity index (χ0) is 24.3.